The van der Waals surface area contributed by atoms with Crippen molar-refractivity contribution in [3.05, 3.63) is 40.5 Å². The third kappa shape index (κ3) is 2.11. The molecule has 0 radical (unpaired) electrons. The fraction of sp³-hybridized carbons (Fsp3) is 0.231. The van der Waals surface area contributed by atoms with E-state index in [0.29, 0.717) is 10.6 Å². The smallest absolute Gasteiger partial charge is 0.239 e. The van der Waals surface area contributed by atoms with E-state index in [-0.39, 0.29) is 5.88 Å². The fourth-order valence-corrected chi connectivity index (χ4v) is 2.16. The summed E-state index contributed by atoms with van der Waals surface area (Å²) in [5, 5.41) is 18.2. The van der Waals surface area contributed by atoms with Gasteiger partial charge in [0.15, 0.2) is 0 Å². The van der Waals surface area contributed by atoms with Crippen molar-refractivity contribution in [1.82, 2.24) is 10.2 Å². The Morgan fingerprint density at radius 3 is 2.59 bits per heavy atom. The van der Waals surface area contributed by atoms with Crippen LogP contribution in [0.25, 0.3) is 11.1 Å². The zero-order chi connectivity index (χ0) is 12.4. The number of aryl methyl sites for hydroxylation is 1. The Labute approximate surface area is 105 Å². The van der Waals surface area contributed by atoms with Crippen LogP contribution in [-0.2, 0) is 6.42 Å². The molecule has 88 valence electrons. The van der Waals surface area contributed by atoms with Crippen LogP contribution in [0.15, 0.2) is 24.3 Å². The van der Waals surface area contributed by atoms with Crippen molar-refractivity contribution in [2.45, 2.75) is 20.3 Å². The third-order valence-corrected chi connectivity index (χ3v) is 3.08. The van der Waals surface area contributed by atoms with Gasteiger partial charge < -0.3 is 5.11 Å². The number of aromatic hydroxyl groups is 1. The van der Waals surface area contributed by atoms with Crippen LogP contribution in [0.2, 0.25) is 5.02 Å². The zero-order valence-corrected chi connectivity index (χ0v) is 10.5. The topological polar surface area (TPSA) is 46.0 Å². The van der Waals surface area contributed by atoms with Crippen molar-refractivity contribution in [1.29, 1.82) is 0 Å². The van der Waals surface area contributed by atoms with Crippen molar-refractivity contribution in [3.8, 4) is 17.0 Å². The number of nitrogens with zero attached hydrogens (tertiary/aromatic N) is 2. The Bertz CT molecular complexity index is 555. The summed E-state index contributed by atoms with van der Waals surface area (Å²) in [6.07, 6.45) is 0.773. The summed E-state index contributed by atoms with van der Waals surface area (Å²) in [6, 6.07) is 7.41. The molecule has 17 heavy (non-hydrogen) atoms. The lowest BCUT2D eigenvalue weighted by molar-refractivity contribution is 0.445. The summed E-state index contributed by atoms with van der Waals surface area (Å²) in [4.78, 5) is 0. The number of hydrogen-bond acceptors (Lipinski definition) is 3. The highest BCUT2D eigenvalue weighted by Gasteiger charge is 2.16. The molecule has 0 fully saturated rings. The first-order valence-corrected chi connectivity index (χ1v) is 5.83. The molecule has 0 unspecified atom stereocenters. The maximum Gasteiger partial charge on any atom is 0.239 e. The Balaban J connectivity index is 2.75. The predicted octanol–water partition coefficient (Wildman–Crippen LogP) is 3.37. The Hall–Kier alpha value is -1.61. The molecule has 0 saturated heterocycles. The highest BCUT2D eigenvalue weighted by molar-refractivity contribution is 6.33. The van der Waals surface area contributed by atoms with Crippen LogP contribution in [0.5, 0.6) is 5.88 Å². The van der Waals surface area contributed by atoms with Gasteiger partial charge in [-0.05, 0) is 25.0 Å². The molecule has 2 rings (SSSR count). The molecule has 0 bridgehead atoms. The third-order valence-electron chi connectivity index (χ3n) is 2.75. The van der Waals surface area contributed by atoms with Crippen LogP contribution < -0.4 is 0 Å². The second kappa shape index (κ2) is 4.72. The average molecular weight is 249 g/mol. The molecule has 1 N–H and O–H groups in total. The lowest BCUT2D eigenvalue weighted by Crippen LogP contribution is -1.99. The fourth-order valence-electron chi connectivity index (χ4n) is 1.93. The molecule has 1 aromatic carbocycles. The molecule has 2 aromatic rings. The van der Waals surface area contributed by atoms with Gasteiger partial charge in [-0.3, -0.25) is 0 Å². The first kappa shape index (κ1) is 11.9. The normalized spacial score (nSPS) is 10.5. The van der Waals surface area contributed by atoms with Gasteiger partial charge in [0.2, 0.25) is 5.88 Å². The van der Waals surface area contributed by atoms with Crippen LogP contribution in [-0.4, -0.2) is 15.3 Å². The zero-order valence-electron chi connectivity index (χ0n) is 9.74. The summed E-state index contributed by atoms with van der Waals surface area (Å²) in [5.74, 6) is -0.0689. The first-order chi connectivity index (χ1) is 8.15. The Morgan fingerprint density at radius 1 is 1.24 bits per heavy atom. The van der Waals surface area contributed by atoms with E-state index < -0.39 is 0 Å². The van der Waals surface area contributed by atoms with E-state index in [1.54, 1.807) is 6.07 Å². The molecule has 0 spiro atoms. The monoisotopic (exact) mass is 248 g/mol. The first-order valence-electron chi connectivity index (χ1n) is 5.45. The van der Waals surface area contributed by atoms with Gasteiger partial charge in [0, 0.05) is 10.6 Å². The maximum atomic E-state index is 9.89. The minimum atomic E-state index is -0.0689. The van der Waals surface area contributed by atoms with Crippen molar-refractivity contribution >= 4 is 11.6 Å². The van der Waals surface area contributed by atoms with Gasteiger partial charge in [-0.1, -0.05) is 36.7 Å². The number of halogens is 1. The summed E-state index contributed by atoms with van der Waals surface area (Å²) in [6.45, 7) is 3.90. The molecule has 0 aliphatic rings. The van der Waals surface area contributed by atoms with E-state index in [2.05, 4.69) is 10.2 Å². The lowest BCUT2D eigenvalue weighted by atomic mass is 9.98. The van der Waals surface area contributed by atoms with E-state index in [1.807, 2.05) is 32.0 Å². The van der Waals surface area contributed by atoms with Crippen molar-refractivity contribution in [2.24, 2.45) is 0 Å². The SMILES string of the molecule is CCc1c(C)nnc(O)c1-c1ccccc1Cl. The second-order valence-electron chi connectivity index (χ2n) is 3.80. The van der Waals surface area contributed by atoms with Crippen LogP contribution >= 0.6 is 11.6 Å². The van der Waals surface area contributed by atoms with E-state index in [9.17, 15) is 5.11 Å². The Kier molecular flexibility index (Phi) is 3.29. The van der Waals surface area contributed by atoms with Crippen molar-refractivity contribution in [2.75, 3.05) is 0 Å². The number of aromatic nitrogens is 2. The van der Waals surface area contributed by atoms with Crippen LogP contribution in [0.3, 0.4) is 0 Å². The minimum Gasteiger partial charge on any atom is -0.492 e. The summed E-state index contributed by atoms with van der Waals surface area (Å²) in [5.41, 5.74) is 3.28. The molecule has 1 heterocycles. The minimum absolute atomic E-state index is 0.0689. The van der Waals surface area contributed by atoms with Gasteiger partial charge in [-0.15, -0.1) is 5.10 Å². The van der Waals surface area contributed by atoms with Gasteiger partial charge >= 0.3 is 0 Å². The van der Waals surface area contributed by atoms with E-state index >= 15 is 0 Å². The second-order valence-corrected chi connectivity index (χ2v) is 4.20. The standard InChI is InChI=1S/C13H13ClN2O/c1-3-9-8(2)15-16-13(17)12(9)10-6-4-5-7-11(10)14/h4-7H,3H2,1-2H3,(H,16,17). The molecule has 3 nitrogen and oxygen atoms in total. The van der Waals surface area contributed by atoms with Gasteiger partial charge in [-0.2, -0.15) is 5.10 Å². The molecule has 0 aliphatic heterocycles. The number of rotatable bonds is 2. The Morgan fingerprint density at radius 2 is 1.94 bits per heavy atom. The summed E-state index contributed by atoms with van der Waals surface area (Å²) >= 11 is 6.15. The highest BCUT2D eigenvalue weighted by Crippen LogP contribution is 2.36. The molecule has 0 atom stereocenters. The van der Waals surface area contributed by atoms with Crippen LogP contribution in [0.4, 0.5) is 0 Å². The largest absolute Gasteiger partial charge is 0.492 e. The molecule has 4 heteroatoms. The molecule has 1 aromatic heterocycles. The van der Waals surface area contributed by atoms with E-state index in [4.69, 9.17) is 11.6 Å². The quantitative estimate of drug-likeness (QED) is 0.886. The van der Waals surface area contributed by atoms with Gasteiger partial charge in [-0.25, -0.2) is 0 Å². The molecular weight excluding hydrogens is 236 g/mol. The van der Waals surface area contributed by atoms with Crippen molar-refractivity contribution < 1.29 is 5.11 Å². The van der Waals surface area contributed by atoms with Gasteiger partial charge in [0.1, 0.15) is 0 Å². The summed E-state index contributed by atoms with van der Waals surface area (Å²) in [7, 11) is 0. The molecule has 0 amide bonds. The molecule has 0 saturated carbocycles. The molecule has 0 aliphatic carbocycles. The van der Waals surface area contributed by atoms with Gasteiger partial charge in [0.25, 0.3) is 0 Å². The van der Waals surface area contributed by atoms with Crippen LogP contribution in [0, 0.1) is 6.92 Å². The molecular formula is C13H13ClN2O. The van der Waals surface area contributed by atoms with E-state index in [1.165, 1.54) is 0 Å². The highest BCUT2D eigenvalue weighted by atomic mass is 35.5. The number of benzene rings is 1. The maximum absolute atomic E-state index is 9.89. The van der Waals surface area contributed by atoms with E-state index in [0.717, 1.165) is 23.2 Å². The lowest BCUT2D eigenvalue weighted by Gasteiger charge is -2.12. The predicted molar refractivity (Wildman–Crippen MR) is 68.3 cm³/mol. The number of hydrogen-bond donors (Lipinski definition) is 1. The van der Waals surface area contributed by atoms with Crippen molar-refractivity contribution in [3.63, 3.8) is 0 Å². The average Bonchev–Trinajstić information content (AvgIpc) is 2.33. The van der Waals surface area contributed by atoms with Gasteiger partial charge in [0.05, 0.1) is 11.3 Å². The summed E-state index contributed by atoms with van der Waals surface area (Å²) < 4.78 is 0. The van der Waals surface area contributed by atoms with Crippen LogP contribution in [0.1, 0.15) is 18.2 Å².